The number of hydrogen-bond donors (Lipinski definition) is 1. The predicted octanol–water partition coefficient (Wildman–Crippen LogP) is 8.82. The first kappa shape index (κ1) is 32.3. The number of alkyl halides is 6. The minimum Gasteiger partial charge on any atom is -0.444 e. The summed E-state index contributed by atoms with van der Waals surface area (Å²) >= 11 is 0. The van der Waals surface area contributed by atoms with Gasteiger partial charge in [0.2, 0.25) is 0 Å². The molecule has 1 atom stereocenters. The van der Waals surface area contributed by atoms with Crippen LogP contribution in [0.3, 0.4) is 0 Å². The second-order valence-corrected chi connectivity index (χ2v) is 12.2. The van der Waals surface area contributed by atoms with E-state index in [1.165, 1.54) is 41.3 Å². The first-order valence-electron chi connectivity index (χ1n) is 14.4. The van der Waals surface area contributed by atoms with E-state index in [4.69, 9.17) is 4.74 Å². The Balaban J connectivity index is 1.69. The van der Waals surface area contributed by atoms with Gasteiger partial charge < -0.3 is 14.7 Å². The lowest BCUT2D eigenvalue weighted by Gasteiger charge is -2.42. The monoisotopic (exact) mass is 630 g/mol. The zero-order chi connectivity index (χ0) is 32.8. The van der Waals surface area contributed by atoms with Crippen molar-refractivity contribution in [1.29, 1.82) is 0 Å². The molecule has 0 spiro atoms. The van der Waals surface area contributed by atoms with Crippen LogP contribution in [0.1, 0.15) is 56.0 Å². The van der Waals surface area contributed by atoms with Crippen LogP contribution in [0.25, 0.3) is 22.0 Å². The summed E-state index contributed by atoms with van der Waals surface area (Å²) in [5.41, 5.74) is -7.07. The Morgan fingerprint density at radius 2 is 1.40 bits per heavy atom. The summed E-state index contributed by atoms with van der Waals surface area (Å²) in [6.45, 7) is 5.69. The van der Waals surface area contributed by atoms with E-state index >= 15 is 0 Å². The van der Waals surface area contributed by atoms with Crippen molar-refractivity contribution >= 4 is 17.0 Å². The fourth-order valence-corrected chi connectivity index (χ4v) is 6.02. The van der Waals surface area contributed by atoms with E-state index in [9.17, 15) is 36.2 Å². The molecule has 1 aromatic heterocycles. The molecular weight excluding hydrogens is 598 g/mol. The molecule has 1 aliphatic heterocycles. The third-order valence-electron chi connectivity index (χ3n) is 7.99. The van der Waals surface area contributed by atoms with Crippen LogP contribution in [0, 0.1) is 5.92 Å². The zero-order valence-electron chi connectivity index (χ0n) is 24.8. The summed E-state index contributed by atoms with van der Waals surface area (Å²) in [6, 6.07) is 18.5. The average Bonchev–Trinajstić information content (AvgIpc) is 2.98. The molecule has 2 heterocycles. The molecule has 0 saturated carbocycles. The Kier molecular flexibility index (Phi) is 8.37. The first-order valence-corrected chi connectivity index (χ1v) is 14.4. The highest BCUT2D eigenvalue weighted by Crippen LogP contribution is 2.49. The number of nitrogens with zero attached hydrogens (tertiary/aromatic N) is 2. The molecule has 0 aliphatic carbocycles. The molecule has 1 unspecified atom stereocenters. The van der Waals surface area contributed by atoms with E-state index < -0.39 is 63.3 Å². The number of likely N-dealkylation sites (tertiary alicyclic amines) is 1. The van der Waals surface area contributed by atoms with Crippen molar-refractivity contribution in [3.63, 3.8) is 0 Å². The Hall–Kier alpha value is -4.12. The molecule has 5 nitrogen and oxygen atoms in total. The Morgan fingerprint density at radius 1 is 0.822 bits per heavy atom. The molecule has 3 aromatic carbocycles. The number of halogens is 6. The number of piperidine rings is 1. The molecule has 0 bridgehead atoms. The van der Waals surface area contributed by atoms with E-state index in [0.29, 0.717) is 5.56 Å². The molecule has 1 saturated heterocycles. The van der Waals surface area contributed by atoms with E-state index in [1.54, 1.807) is 51.1 Å². The smallest absolute Gasteiger partial charge is 0.433 e. The summed E-state index contributed by atoms with van der Waals surface area (Å²) in [7, 11) is 0. The fraction of sp³-hybridized carbons (Fsp3) is 0.353. The van der Waals surface area contributed by atoms with Crippen LogP contribution in [0.4, 0.5) is 31.1 Å². The molecule has 5 rings (SSSR count). The quantitative estimate of drug-likeness (QED) is 0.229. The molecule has 11 heteroatoms. The lowest BCUT2D eigenvalue weighted by atomic mass is 9.71. The molecule has 0 radical (unpaired) electrons. The van der Waals surface area contributed by atoms with Crippen molar-refractivity contribution in [3.05, 3.63) is 101 Å². The summed E-state index contributed by atoms with van der Waals surface area (Å²) in [5, 5.41) is 11.9. The summed E-state index contributed by atoms with van der Waals surface area (Å²) in [4.78, 5) is 17.9. The van der Waals surface area contributed by atoms with Crippen molar-refractivity contribution in [1.82, 2.24) is 9.88 Å². The third-order valence-corrected chi connectivity index (χ3v) is 7.99. The second kappa shape index (κ2) is 11.7. The van der Waals surface area contributed by atoms with Crippen molar-refractivity contribution in [2.75, 3.05) is 13.1 Å². The van der Waals surface area contributed by atoms with Gasteiger partial charge in [0, 0.05) is 24.0 Å². The molecular formula is C34H32F6N2O3. The van der Waals surface area contributed by atoms with Gasteiger partial charge in [-0.15, -0.1) is 0 Å². The normalized spacial score (nSPS) is 16.4. The topological polar surface area (TPSA) is 62.7 Å². The number of hydrogen-bond acceptors (Lipinski definition) is 4. The van der Waals surface area contributed by atoms with Gasteiger partial charge in [-0.25, -0.2) is 9.78 Å². The lowest BCUT2D eigenvalue weighted by molar-refractivity contribution is -0.143. The van der Waals surface area contributed by atoms with Crippen LogP contribution >= 0.6 is 0 Å². The largest absolute Gasteiger partial charge is 0.444 e. The van der Waals surface area contributed by atoms with Crippen LogP contribution in [0.5, 0.6) is 0 Å². The van der Waals surface area contributed by atoms with Gasteiger partial charge in [-0.1, -0.05) is 66.7 Å². The summed E-state index contributed by atoms with van der Waals surface area (Å²) in [6.07, 6.45) is -10.3. The fourth-order valence-electron chi connectivity index (χ4n) is 6.02. The Bertz CT molecular complexity index is 1680. The van der Waals surface area contributed by atoms with Crippen LogP contribution in [-0.2, 0) is 22.7 Å². The maximum absolute atomic E-state index is 14.9. The van der Waals surface area contributed by atoms with E-state index in [2.05, 4.69) is 4.98 Å². The molecule has 1 aliphatic rings. The summed E-state index contributed by atoms with van der Waals surface area (Å²) < 4.78 is 92.8. The zero-order valence-corrected chi connectivity index (χ0v) is 24.8. The number of pyridine rings is 1. The Morgan fingerprint density at radius 3 is 1.93 bits per heavy atom. The number of aliphatic hydroxyl groups is 1. The lowest BCUT2D eigenvalue weighted by Crippen LogP contribution is -2.47. The molecule has 1 fully saturated rings. The van der Waals surface area contributed by atoms with Gasteiger partial charge >= 0.3 is 18.4 Å². The summed E-state index contributed by atoms with van der Waals surface area (Å²) in [5.74, 6) is -0.554. The van der Waals surface area contributed by atoms with Crippen molar-refractivity contribution in [2.24, 2.45) is 5.92 Å². The van der Waals surface area contributed by atoms with E-state index in [-0.39, 0.29) is 37.1 Å². The van der Waals surface area contributed by atoms with Crippen molar-refractivity contribution in [2.45, 2.75) is 57.2 Å². The second-order valence-electron chi connectivity index (χ2n) is 12.2. The SMILES string of the molecule is CC(C)(C)OC(=O)N1CCC(C(O)(c2ccccc2)c2ccc3nc(C(F)(F)F)c(-c4ccccc4)c(C(F)(F)F)c3c2)CC1. The van der Waals surface area contributed by atoms with Crippen LogP contribution in [-0.4, -0.2) is 39.8 Å². The number of benzene rings is 3. The molecule has 45 heavy (non-hydrogen) atoms. The van der Waals surface area contributed by atoms with E-state index in [1.807, 2.05) is 0 Å². The van der Waals surface area contributed by atoms with Gasteiger partial charge in [0.15, 0.2) is 5.69 Å². The third kappa shape index (κ3) is 6.49. The molecule has 4 aromatic rings. The highest BCUT2D eigenvalue weighted by molar-refractivity contribution is 5.91. The standard InChI is InChI=1S/C34H32F6N2O3/c1-31(2,3)45-30(43)42-18-16-23(17-19-42)32(44,22-12-8-5-9-13-22)24-14-15-26-25(20-24)28(33(35,36)37)27(21-10-6-4-7-11-21)29(41-26)34(38,39)40/h4-15,20,23,44H,16-19H2,1-3H3. The van der Waals surface area contributed by atoms with Gasteiger partial charge in [-0.3, -0.25) is 0 Å². The van der Waals surface area contributed by atoms with Crippen molar-refractivity contribution in [3.8, 4) is 11.1 Å². The number of amides is 1. The maximum atomic E-state index is 14.9. The number of rotatable bonds is 4. The predicted molar refractivity (Wildman–Crippen MR) is 157 cm³/mol. The molecule has 1 N–H and O–H groups in total. The Labute approximate surface area is 256 Å². The minimum absolute atomic E-state index is 0.0722. The number of ether oxygens (including phenoxy) is 1. The van der Waals surface area contributed by atoms with Gasteiger partial charge in [0.1, 0.15) is 11.2 Å². The van der Waals surface area contributed by atoms with Crippen LogP contribution < -0.4 is 0 Å². The number of carbonyl (C=O) groups excluding carboxylic acids is 1. The van der Waals surface area contributed by atoms with Gasteiger partial charge in [0.25, 0.3) is 0 Å². The molecule has 238 valence electrons. The number of aromatic nitrogens is 1. The minimum atomic E-state index is -5.20. The number of fused-ring (bicyclic) bond motifs is 1. The van der Waals surface area contributed by atoms with Crippen LogP contribution in [0.2, 0.25) is 0 Å². The highest BCUT2D eigenvalue weighted by Gasteiger charge is 2.46. The van der Waals surface area contributed by atoms with Gasteiger partial charge in [-0.05, 0) is 68.4 Å². The van der Waals surface area contributed by atoms with Gasteiger partial charge in [0.05, 0.1) is 11.1 Å². The maximum Gasteiger partial charge on any atom is 0.433 e. The highest BCUT2D eigenvalue weighted by atomic mass is 19.4. The van der Waals surface area contributed by atoms with E-state index in [0.717, 1.165) is 12.1 Å². The van der Waals surface area contributed by atoms with Crippen molar-refractivity contribution < 1.29 is 41.0 Å². The molecule has 1 amide bonds. The van der Waals surface area contributed by atoms with Crippen LogP contribution in [0.15, 0.2) is 78.9 Å². The average molecular weight is 631 g/mol. The van der Waals surface area contributed by atoms with Gasteiger partial charge in [-0.2, -0.15) is 26.3 Å². The number of carbonyl (C=O) groups is 1. The first-order chi connectivity index (χ1) is 21.0.